The van der Waals surface area contributed by atoms with Crippen LogP contribution in [-0.2, 0) is 6.18 Å². The first-order valence-electron chi connectivity index (χ1n) is 5.55. The molecule has 0 bridgehead atoms. The molecule has 0 fully saturated rings. The highest BCUT2D eigenvalue weighted by atomic mass is 35.5. The highest BCUT2D eigenvalue weighted by Crippen LogP contribution is 2.34. The lowest BCUT2D eigenvalue weighted by Gasteiger charge is -2.13. The van der Waals surface area contributed by atoms with Gasteiger partial charge in [0, 0.05) is 11.6 Å². The summed E-state index contributed by atoms with van der Waals surface area (Å²) in [6, 6.07) is 6.96. The van der Waals surface area contributed by atoms with Crippen molar-refractivity contribution in [3.8, 4) is 0 Å². The van der Waals surface area contributed by atoms with E-state index < -0.39 is 28.8 Å². The molecule has 0 amide bonds. The summed E-state index contributed by atoms with van der Waals surface area (Å²) >= 11 is 6.01. The van der Waals surface area contributed by atoms with E-state index in [1.165, 1.54) is 18.2 Å². The molecule has 0 aliphatic rings. The van der Waals surface area contributed by atoms with Gasteiger partial charge in [0.05, 0.1) is 10.9 Å². The highest BCUT2D eigenvalue weighted by molar-refractivity contribution is 6.22. The Balaban J connectivity index is 2.31. The van der Waals surface area contributed by atoms with Crippen LogP contribution >= 0.6 is 11.6 Å². The van der Waals surface area contributed by atoms with Crippen LogP contribution in [0.25, 0.3) is 0 Å². The molecular weight excluding hydrogens is 299 g/mol. The normalized spacial score (nSPS) is 13.3. The van der Waals surface area contributed by atoms with Crippen molar-refractivity contribution in [1.29, 1.82) is 0 Å². The third kappa shape index (κ3) is 3.10. The average molecular weight is 307 g/mol. The number of hydrogen-bond donors (Lipinski definition) is 0. The second-order valence-electron chi connectivity index (χ2n) is 4.15. The SMILES string of the molecule is Fc1ccc(C(Cl)c2ccc(C(F)(F)F)cc2)c(F)c1. The van der Waals surface area contributed by atoms with Gasteiger partial charge in [-0.15, -0.1) is 11.6 Å². The number of alkyl halides is 4. The predicted molar refractivity (Wildman–Crippen MR) is 65.5 cm³/mol. The Labute approximate surface area is 116 Å². The number of rotatable bonds is 2. The Morgan fingerprint density at radius 1 is 0.900 bits per heavy atom. The highest BCUT2D eigenvalue weighted by Gasteiger charge is 2.30. The quantitative estimate of drug-likeness (QED) is 0.521. The van der Waals surface area contributed by atoms with Crippen molar-refractivity contribution < 1.29 is 22.0 Å². The predicted octanol–water partition coefficient (Wildman–Crippen LogP) is 5.31. The van der Waals surface area contributed by atoms with Crippen LogP contribution in [0.5, 0.6) is 0 Å². The van der Waals surface area contributed by atoms with Gasteiger partial charge >= 0.3 is 6.18 Å². The summed E-state index contributed by atoms with van der Waals surface area (Å²) in [6.45, 7) is 0. The second-order valence-corrected chi connectivity index (χ2v) is 4.58. The van der Waals surface area contributed by atoms with Crippen LogP contribution in [0.3, 0.4) is 0 Å². The van der Waals surface area contributed by atoms with E-state index in [1.54, 1.807) is 0 Å². The lowest BCUT2D eigenvalue weighted by molar-refractivity contribution is -0.137. The summed E-state index contributed by atoms with van der Waals surface area (Å²) in [5.74, 6) is -1.59. The lowest BCUT2D eigenvalue weighted by atomic mass is 10.0. The minimum absolute atomic E-state index is 0.00725. The summed E-state index contributed by atoms with van der Waals surface area (Å²) in [6.07, 6.45) is -4.44. The summed E-state index contributed by atoms with van der Waals surface area (Å²) in [4.78, 5) is 0. The minimum Gasteiger partial charge on any atom is -0.207 e. The van der Waals surface area contributed by atoms with Gasteiger partial charge in [-0.1, -0.05) is 18.2 Å². The zero-order chi connectivity index (χ0) is 14.9. The largest absolute Gasteiger partial charge is 0.416 e. The van der Waals surface area contributed by atoms with Crippen molar-refractivity contribution in [3.63, 3.8) is 0 Å². The topological polar surface area (TPSA) is 0 Å². The van der Waals surface area contributed by atoms with E-state index in [0.29, 0.717) is 11.6 Å². The van der Waals surface area contributed by atoms with E-state index in [1.807, 2.05) is 0 Å². The smallest absolute Gasteiger partial charge is 0.207 e. The Morgan fingerprint density at radius 3 is 2.00 bits per heavy atom. The molecule has 1 atom stereocenters. The van der Waals surface area contributed by atoms with E-state index >= 15 is 0 Å². The molecule has 2 aromatic rings. The minimum atomic E-state index is -4.44. The van der Waals surface area contributed by atoms with Crippen molar-refractivity contribution in [2.75, 3.05) is 0 Å². The van der Waals surface area contributed by atoms with Crippen LogP contribution in [-0.4, -0.2) is 0 Å². The summed E-state index contributed by atoms with van der Waals surface area (Å²) in [5, 5.41) is -0.988. The van der Waals surface area contributed by atoms with E-state index in [9.17, 15) is 22.0 Å². The monoisotopic (exact) mass is 306 g/mol. The van der Waals surface area contributed by atoms with Gasteiger partial charge in [0.1, 0.15) is 11.6 Å². The zero-order valence-electron chi connectivity index (χ0n) is 9.89. The van der Waals surface area contributed by atoms with E-state index in [-0.39, 0.29) is 5.56 Å². The second kappa shape index (κ2) is 5.40. The number of hydrogen-bond acceptors (Lipinski definition) is 0. The van der Waals surface area contributed by atoms with Gasteiger partial charge in [-0.25, -0.2) is 8.78 Å². The van der Waals surface area contributed by atoms with E-state index in [2.05, 4.69) is 0 Å². The molecule has 6 heteroatoms. The molecule has 2 aromatic carbocycles. The maximum Gasteiger partial charge on any atom is 0.416 e. The fraction of sp³-hybridized carbons (Fsp3) is 0.143. The molecule has 0 heterocycles. The van der Waals surface area contributed by atoms with E-state index in [0.717, 1.165) is 18.2 Å². The molecule has 0 saturated carbocycles. The molecule has 0 saturated heterocycles. The molecule has 0 aliphatic carbocycles. The lowest BCUT2D eigenvalue weighted by Crippen LogP contribution is -2.05. The summed E-state index contributed by atoms with van der Waals surface area (Å²) in [7, 11) is 0. The van der Waals surface area contributed by atoms with Crippen molar-refractivity contribution in [2.24, 2.45) is 0 Å². The van der Waals surface area contributed by atoms with Crippen LogP contribution in [0.2, 0.25) is 0 Å². The Hall–Kier alpha value is -1.62. The van der Waals surface area contributed by atoms with Crippen molar-refractivity contribution in [3.05, 3.63) is 70.8 Å². The molecule has 106 valence electrons. The van der Waals surface area contributed by atoms with Crippen LogP contribution in [0.1, 0.15) is 22.1 Å². The van der Waals surface area contributed by atoms with Crippen LogP contribution < -0.4 is 0 Å². The van der Waals surface area contributed by atoms with Gasteiger partial charge in [0.2, 0.25) is 0 Å². The Kier molecular flexibility index (Phi) is 3.99. The molecule has 0 N–H and O–H groups in total. The van der Waals surface area contributed by atoms with Crippen LogP contribution in [0.4, 0.5) is 22.0 Å². The molecule has 0 nitrogen and oxygen atoms in total. The van der Waals surface area contributed by atoms with Gasteiger partial charge in [-0.3, -0.25) is 0 Å². The number of benzene rings is 2. The maximum absolute atomic E-state index is 13.6. The molecule has 2 rings (SSSR count). The molecular formula is C14H8ClF5. The molecule has 0 aromatic heterocycles. The summed E-state index contributed by atoms with van der Waals surface area (Å²) < 4.78 is 63.6. The first kappa shape index (κ1) is 14.8. The third-order valence-corrected chi connectivity index (χ3v) is 3.25. The van der Waals surface area contributed by atoms with Crippen molar-refractivity contribution >= 4 is 11.6 Å². The van der Waals surface area contributed by atoms with Gasteiger partial charge < -0.3 is 0 Å². The van der Waals surface area contributed by atoms with Gasteiger partial charge in [0.15, 0.2) is 0 Å². The van der Waals surface area contributed by atoms with Crippen molar-refractivity contribution in [1.82, 2.24) is 0 Å². The third-order valence-electron chi connectivity index (χ3n) is 2.77. The molecule has 0 spiro atoms. The molecule has 0 radical (unpaired) electrons. The first-order valence-corrected chi connectivity index (χ1v) is 5.99. The van der Waals surface area contributed by atoms with Gasteiger partial charge in [-0.05, 0) is 23.8 Å². The van der Waals surface area contributed by atoms with Crippen LogP contribution in [0.15, 0.2) is 42.5 Å². The van der Waals surface area contributed by atoms with Crippen molar-refractivity contribution in [2.45, 2.75) is 11.6 Å². The maximum atomic E-state index is 13.6. The average Bonchev–Trinajstić information content (AvgIpc) is 2.37. The Bertz CT molecular complexity index is 604. The molecule has 20 heavy (non-hydrogen) atoms. The summed E-state index contributed by atoms with van der Waals surface area (Å²) in [5.41, 5.74) is -0.511. The van der Waals surface area contributed by atoms with E-state index in [4.69, 9.17) is 11.6 Å². The molecule has 0 aliphatic heterocycles. The number of halogens is 6. The first-order chi connectivity index (χ1) is 9.29. The fourth-order valence-corrected chi connectivity index (χ4v) is 2.05. The fourth-order valence-electron chi connectivity index (χ4n) is 1.73. The molecule has 1 unspecified atom stereocenters. The van der Waals surface area contributed by atoms with Gasteiger partial charge in [-0.2, -0.15) is 13.2 Å². The van der Waals surface area contributed by atoms with Crippen LogP contribution in [0, 0.1) is 11.6 Å². The zero-order valence-corrected chi connectivity index (χ0v) is 10.6. The van der Waals surface area contributed by atoms with Gasteiger partial charge in [0.25, 0.3) is 0 Å². The standard InChI is InChI=1S/C14H8ClF5/c15-13(11-6-5-10(16)7-12(11)17)8-1-3-9(4-2-8)14(18,19)20/h1-7,13H. The Morgan fingerprint density at radius 2 is 1.50 bits per heavy atom.